The Morgan fingerprint density at radius 3 is 1.34 bits per heavy atom. The van der Waals surface area contributed by atoms with Gasteiger partial charge in [-0.3, -0.25) is 32.5 Å². The molecule has 43 heteroatoms. The number of oxime groups is 1. The van der Waals surface area contributed by atoms with Crippen LogP contribution in [0.15, 0.2) is 79.2 Å². The number of aryl methyl sites for hydroxylation is 3. The molecule has 0 aliphatic carbocycles. The lowest BCUT2D eigenvalue weighted by Crippen LogP contribution is -2.39. The molecule has 566 valence electrons. The highest BCUT2D eigenvalue weighted by Crippen LogP contribution is 2.17. The van der Waals surface area contributed by atoms with Crippen molar-refractivity contribution in [3.8, 4) is 0 Å². The molecule has 2 aromatic rings. The zero-order valence-corrected chi connectivity index (χ0v) is 69.7. The third kappa shape index (κ3) is 68.5. The van der Waals surface area contributed by atoms with Crippen molar-refractivity contribution in [1.29, 1.82) is 14.3 Å². The van der Waals surface area contributed by atoms with E-state index in [0.29, 0.717) is 38.5 Å². The van der Waals surface area contributed by atoms with E-state index in [1.807, 2.05) is 54.1 Å². The van der Waals surface area contributed by atoms with Gasteiger partial charge in [0.25, 0.3) is 11.9 Å². The summed E-state index contributed by atoms with van der Waals surface area (Å²) in [6, 6.07) is 9.89. The predicted octanol–water partition coefficient (Wildman–Crippen LogP) is 7.17. The molecule has 4 rings (SSSR count). The van der Waals surface area contributed by atoms with Gasteiger partial charge in [-0.15, -0.1) is 13.2 Å². The number of benzene rings is 1. The molecule has 3 amide bonds. The van der Waals surface area contributed by atoms with E-state index in [2.05, 4.69) is 54.2 Å². The number of oxazole rings is 1. The monoisotopic (exact) mass is 1550 g/mol. The number of carbonyl (C=O) groups is 2. The molecule has 33 nitrogen and oxygen atoms in total. The molecule has 1 aromatic carbocycles. The number of amides is 3. The Morgan fingerprint density at radius 1 is 0.642 bits per heavy atom. The Kier molecular flexibility index (Phi) is 53.4. The van der Waals surface area contributed by atoms with E-state index in [1.165, 1.54) is 87.2 Å². The molecule has 2 aliphatic heterocycles. The minimum Gasteiger partial charge on any atom is -0.427 e. The van der Waals surface area contributed by atoms with Gasteiger partial charge in [0.15, 0.2) is 0 Å². The highest BCUT2D eigenvalue weighted by atomic mass is 32.2. The second kappa shape index (κ2) is 49.6. The van der Waals surface area contributed by atoms with E-state index in [9.17, 15) is 43.3 Å². The fraction of sp³-hybridized carbons (Fsp3) is 0.769. The molecular formula is C52H119N19O14S10. The Hall–Kier alpha value is -3.86. The molecule has 0 radical (unpaired) electrons. The number of hydrogen-bond donors (Lipinski definition) is 5. The van der Waals surface area contributed by atoms with Crippen molar-refractivity contribution in [3.05, 3.63) is 47.3 Å². The fourth-order valence-electron chi connectivity index (χ4n) is 5.02. The molecule has 95 heavy (non-hydrogen) atoms. The summed E-state index contributed by atoms with van der Waals surface area (Å²) in [6.45, 7) is 9.37. The Morgan fingerprint density at radius 2 is 1.07 bits per heavy atom. The SMILES string of the molecule is CCC(=O)N=S(C)(C)=O.CN=S(C)(=O)CCc1ccccc1.CN=S(C)(=O)N(C)C.CN=S(C)(=O)N(C)OC.CN=S(C)(=O)N1CCCCC1.CN=S(C)(C)=N.CS(C)(=N)=N.CS(C)(=O)=N/C(N)=N/O.CS(C)(=O)=NC(=O)N1CCOCC1.Cc1nc(N=S(C)(C)=O)oc1C. The number of carbonyl (C=O) groups excluding carboxylic acids is 2. The third-order valence-corrected chi connectivity index (χ3v) is 21.5. The summed E-state index contributed by atoms with van der Waals surface area (Å²) in [5, 5.41) is 10.5. The summed E-state index contributed by atoms with van der Waals surface area (Å²) >= 11 is 0. The molecule has 2 fully saturated rings. The van der Waals surface area contributed by atoms with Crippen molar-refractivity contribution in [2.75, 3.05) is 209 Å². The van der Waals surface area contributed by atoms with Gasteiger partial charge >= 0.3 is 12.0 Å². The molecule has 0 saturated carbocycles. The van der Waals surface area contributed by atoms with Crippen molar-refractivity contribution in [3.63, 3.8) is 0 Å². The first-order valence-electron chi connectivity index (χ1n) is 28.1. The average molecular weight is 1560 g/mol. The lowest BCUT2D eigenvalue weighted by Gasteiger charge is -2.26. The Labute approximate surface area is 576 Å². The largest absolute Gasteiger partial charge is 0.427 e. The fourth-order valence-corrected chi connectivity index (χ4v) is 9.86. The van der Waals surface area contributed by atoms with Crippen molar-refractivity contribution in [1.82, 2.24) is 23.0 Å². The number of urea groups is 1. The van der Waals surface area contributed by atoms with Crippen LogP contribution < -0.4 is 5.73 Å². The predicted molar refractivity (Wildman–Crippen MR) is 405 cm³/mol. The first-order chi connectivity index (χ1) is 42.7. The first-order valence-corrected chi connectivity index (χ1v) is 50.1. The molecular weight excluding hydrogens is 1440 g/mol. The van der Waals surface area contributed by atoms with E-state index < -0.39 is 104 Å². The number of aromatic nitrogens is 1. The van der Waals surface area contributed by atoms with Crippen LogP contribution in [0.2, 0.25) is 0 Å². The summed E-state index contributed by atoms with van der Waals surface area (Å²) in [4.78, 5) is 32.0. The van der Waals surface area contributed by atoms with Gasteiger partial charge < -0.3 is 25.0 Å². The van der Waals surface area contributed by atoms with Crippen LogP contribution in [0.5, 0.6) is 0 Å². The first kappa shape index (κ1) is 102. The van der Waals surface area contributed by atoms with E-state index in [-0.39, 0.29) is 17.9 Å². The van der Waals surface area contributed by atoms with Crippen LogP contribution in [0.4, 0.5) is 10.8 Å². The minimum atomic E-state index is -2.33. The molecule has 3 heterocycles. The number of rotatable bonds is 9. The van der Waals surface area contributed by atoms with Crippen molar-refractivity contribution in [2.24, 2.45) is 50.2 Å². The molecule has 2 aliphatic rings. The van der Waals surface area contributed by atoms with E-state index in [1.54, 1.807) is 116 Å². The smallest absolute Gasteiger partial charge is 0.351 e. The third-order valence-electron chi connectivity index (χ3n) is 10.6. The Bertz CT molecular complexity index is 3910. The van der Waals surface area contributed by atoms with Crippen LogP contribution in [0.25, 0.3) is 0 Å². The second-order valence-electron chi connectivity index (χ2n) is 21.9. The quantitative estimate of drug-likeness (QED) is 0.0718. The lowest BCUT2D eigenvalue weighted by atomic mass is 10.2. The number of nitrogens with zero attached hydrogens (tertiary/aromatic N) is 15. The van der Waals surface area contributed by atoms with Crippen molar-refractivity contribution >= 4 is 122 Å². The van der Waals surface area contributed by atoms with Gasteiger partial charge in [0, 0.05) is 224 Å². The molecule has 4 atom stereocenters. The van der Waals surface area contributed by atoms with Crippen LogP contribution in [0, 0.1) is 28.2 Å². The maximum Gasteiger partial charge on any atom is 0.351 e. The topological polar surface area (TPSA) is 470 Å². The highest BCUT2D eigenvalue weighted by Gasteiger charge is 2.18. The van der Waals surface area contributed by atoms with E-state index >= 15 is 0 Å². The van der Waals surface area contributed by atoms with Crippen molar-refractivity contribution in [2.45, 2.75) is 52.9 Å². The standard InChI is InChI=1S/C10H15NOS.C7H14N2O3S.C7H12N2O2S.C7H16N2OS.C5H11NO2S.C4H12N2O2S.C4H12N2OS.C3H9N3O2S.C3H10N2S.C2H8N2S/c1-11-13(2,12)9-8-10-6-4-3-5-7-10;1-13(2,11)8-7(10)9-3-5-12-6-4-9;1-5-6(2)11-7(8-5)9-12(3,4)10;1-8-11(2,10)9-6-4-3-5-7-9;1-4-5(7)6-9(2,3)8;1-5-9(4,7)6(2)8-3;1-5-8(4,7)6(2)3;1-9(2,8)6-3(4)5-7;1-5-6(2,3)4;1-5(2,3)4/h3-7H,8-9H2,1-2H3;3-6H2,1-2H3;1-4H3;3-7H2,1-2H3;4H2,1-3H3;1-4H3;1-4H3;7H,1-2H3,(H2,4,5);4H,1-3H3;3-4H,1-2H3. The normalized spacial score (nSPS) is 15.9. The molecule has 2 saturated heterocycles. The molecule has 4 unspecified atom stereocenters. The molecule has 0 bridgehead atoms. The van der Waals surface area contributed by atoms with Crippen LogP contribution in [-0.2, 0) is 118 Å². The minimum absolute atomic E-state index is 0.208. The van der Waals surface area contributed by atoms with Gasteiger partial charge in [0.2, 0.25) is 0 Å². The van der Waals surface area contributed by atoms with Crippen LogP contribution in [0.3, 0.4) is 0 Å². The number of guanidine groups is 1. The van der Waals surface area contributed by atoms with Crippen LogP contribution in [0.1, 0.15) is 49.6 Å². The maximum absolute atomic E-state index is 11.7. The van der Waals surface area contributed by atoms with Gasteiger partial charge in [-0.05, 0) is 43.8 Å². The summed E-state index contributed by atoms with van der Waals surface area (Å²) in [7, 11) is -5.66. The summed E-state index contributed by atoms with van der Waals surface area (Å²) in [6.07, 6.45) is 29.8. The lowest BCUT2D eigenvalue weighted by molar-refractivity contribution is -0.117. The number of nitrogens with two attached hydrogens (primary N) is 1. The summed E-state index contributed by atoms with van der Waals surface area (Å²) in [5.41, 5.74) is 6.93. The number of ether oxygens (including phenoxy) is 1. The summed E-state index contributed by atoms with van der Waals surface area (Å²) < 4.78 is 158. The summed E-state index contributed by atoms with van der Waals surface area (Å²) in [5.74, 6) is 0.723. The highest BCUT2D eigenvalue weighted by molar-refractivity contribution is 7.94. The average Bonchev–Trinajstić information content (AvgIpc) is 2.06. The zero-order valence-electron chi connectivity index (χ0n) is 61.5. The molecule has 1 aromatic heterocycles. The number of hydrogen-bond acceptors (Lipinski definition) is 25. The second-order valence-corrected chi connectivity index (χ2v) is 47.8. The molecule has 0 spiro atoms. The number of piperidine rings is 1. The maximum atomic E-state index is 11.7. The van der Waals surface area contributed by atoms with Crippen molar-refractivity contribution < 1.29 is 62.5 Å². The Balaban J connectivity index is -0.000000234. The van der Waals surface area contributed by atoms with E-state index in [0.717, 1.165) is 31.0 Å². The van der Waals surface area contributed by atoms with Gasteiger partial charge in [0.1, 0.15) is 35.5 Å². The number of nitrogens with one attached hydrogen (secondary N) is 3. The van der Waals surface area contributed by atoms with Gasteiger partial charge in [-0.1, -0.05) is 62.9 Å². The van der Waals surface area contributed by atoms with Crippen LogP contribution in [-0.4, -0.2) is 288 Å². The van der Waals surface area contributed by atoms with Gasteiger partial charge in [-0.2, -0.15) is 13.7 Å². The zero-order chi connectivity index (χ0) is 76.3. The van der Waals surface area contributed by atoms with Gasteiger partial charge in [0.05, 0.1) is 45.5 Å². The van der Waals surface area contributed by atoms with Crippen LogP contribution >= 0.6 is 0 Å². The van der Waals surface area contributed by atoms with Gasteiger partial charge in [-0.25, -0.2) is 60.3 Å². The number of morpholine rings is 1. The molecule has 6 N–H and O–H groups in total. The van der Waals surface area contributed by atoms with E-state index in [4.69, 9.17) is 34.4 Å². The number of hydroxylamine groups is 1.